The van der Waals surface area contributed by atoms with E-state index in [1.807, 2.05) is 37.3 Å². The lowest BCUT2D eigenvalue weighted by Gasteiger charge is -2.06. The van der Waals surface area contributed by atoms with Crippen molar-refractivity contribution in [1.29, 1.82) is 5.41 Å². The highest BCUT2D eigenvalue weighted by Crippen LogP contribution is 2.27. The van der Waals surface area contributed by atoms with Gasteiger partial charge in [-0.15, -0.1) is 0 Å². The van der Waals surface area contributed by atoms with Crippen molar-refractivity contribution in [3.05, 3.63) is 60.0 Å². The van der Waals surface area contributed by atoms with Crippen molar-refractivity contribution in [1.82, 2.24) is 9.97 Å². The van der Waals surface area contributed by atoms with Crippen LogP contribution in [0.1, 0.15) is 17.7 Å². The first kappa shape index (κ1) is 14.0. The number of hydrogen-bond acceptors (Lipinski definition) is 4. The van der Waals surface area contributed by atoms with Crippen LogP contribution < -0.4 is 5.43 Å². The third kappa shape index (κ3) is 2.74. The Morgan fingerprint density at radius 2 is 2.05 bits per heavy atom. The molecule has 0 aliphatic heterocycles. The molecule has 3 rings (SSSR count). The minimum atomic E-state index is 0.471. The molecule has 2 heterocycles. The van der Waals surface area contributed by atoms with Gasteiger partial charge in [-0.3, -0.25) is 10.4 Å². The van der Waals surface area contributed by atoms with Gasteiger partial charge in [-0.2, -0.15) is 5.10 Å². The van der Waals surface area contributed by atoms with Crippen LogP contribution in [0.25, 0.3) is 10.9 Å². The SMILES string of the molecule is Cc1[nH]c2ccccc2c1N/N=C(\CC=N)c1ccncc1. The van der Waals surface area contributed by atoms with Crippen molar-refractivity contribution < 1.29 is 0 Å². The zero-order valence-electron chi connectivity index (χ0n) is 12.3. The molecule has 0 amide bonds. The maximum Gasteiger partial charge on any atom is 0.0844 e. The molecule has 5 heteroatoms. The molecule has 0 atom stereocenters. The summed E-state index contributed by atoms with van der Waals surface area (Å²) < 4.78 is 0. The summed E-state index contributed by atoms with van der Waals surface area (Å²) in [6.45, 7) is 2.01. The second-order valence-electron chi connectivity index (χ2n) is 4.99. The first-order valence-corrected chi connectivity index (χ1v) is 7.09. The zero-order chi connectivity index (χ0) is 15.4. The van der Waals surface area contributed by atoms with E-state index in [0.29, 0.717) is 6.42 Å². The number of aromatic amines is 1. The van der Waals surface area contributed by atoms with Crippen molar-refractivity contribution >= 4 is 28.5 Å². The van der Waals surface area contributed by atoms with Crippen molar-refractivity contribution in [3.63, 3.8) is 0 Å². The summed E-state index contributed by atoms with van der Waals surface area (Å²) in [7, 11) is 0. The third-order valence-corrected chi connectivity index (χ3v) is 3.51. The largest absolute Gasteiger partial charge is 0.357 e. The van der Waals surface area contributed by atoms with E-state index in [4.69, 9.17) is 5.41 Å². The number of H-pyrrole nitrogens is 1. The smallest absolute Gasteiger partial charge is 0.0844 e. The van der Waals surface area contributed by atoms with E-state index in [-0.39, 0.29) is 0 Å². The lowest BCUT2D eigenvalue weighted by atomic mass is 10.1. The van der Waals surface area contributed by atoms with E-state index in [2.05, 4.69) is 26.6 Å². The molecule has 0 fully saturated rings. The molecule has 5 nitrogen and oxygen atoms in total. The Morgan fingerprint density at radius 1 is 1.27 bits per heavy atom. The maximum atomic E-state index is 7.35. The second kappa shape index (κ2) is 6.22. The maximum absolute atomic E-state index is 7.35. The number of rotatable bonds is 5. The number of aromatic nitrogens is 2. The standard InChI is InChI=1S/C17H17N5/c1-12-17(14-4-2-3-5-16(14)20-12)22-21-15(6-9-18)13-7-10-19-11-8-13/h2-5,7-11,18,20,22H,6H2,1H3/b18-9?,21-15+. The van der Waals surface area contributed by atoms with Crippen LogP contribution >= 0.6 is 0 Å². The van der Waals surface area contributed by atoms with Gasteiger partial charge in [0, 0.05) is 47.2 Å². The van der Waals surface area contributed by atoms with Crippen LogP contribution in [0.5, 0.6) is 0 Å². The van der Waals surface area contributed by atoms with Gasteiger partial charge in [-0.1, -0.05) is 18.2 Å². The molecule has 1 aromatic carbocycles. The van der Waals surface area contributed by atoms with Gasteiger partial charge in [-0.25, -0.2) is 0 Å². The van der Waals surface area contributed by atoms with Crippen LogP contribution in [0.2, 0.25) is 0 Å². The average Bonchev–Trinajstić information content (AvgIpc) is 2.88. The van der Waals surface area contributed by atoms with Gasteiger partial charge in [0.25, 0.3) is 0 Å². The summed E-state index contributed by atoms with van der Waals surface area (Å²) >= 11 is 0. The molecule has 3 N–H and O–H groups in total. The van der Waals surface area contributed by atoms with E-state index in [9.17, 15) is 0 Å². The Kier molecular flexibility index (Phi) is 3.96. The molecule has 0 saturated heterocycles. The molecule has 0 radical (unpaired) electrons. The summed E-state index contributed by atoms with van der Waals surface area (Å²) in [5.41, 5.74) is 8.00. The highest BCUT2D eigenvalue weighted by atomic mass is 15.3. The van der Waals surface area contributed by atoms with Crippen LogP contribution in [-0.2, 0) is 0 Å². The fraction of sp³-hybridized carbons (Fsp3) is 0.118. The predicted octanol–water partition coefficient (Wildman–Crippen LogP) is 3.73. The molecule has 0 saturated carbocycles. The molecule has 110 valence electrons. The lowest BCUT2D eigenvalue weighted by molar-refractivity contribution is 1.24. The second-order valence-corrected chi connectivity index (χ2v) is 4.99. The number of hydrogen-bond donors (Lipinski definition) is 3. The Hall–Kier alpha value is -2.95. The van der Waals surface area contributed by atoms with E-state index in [1.165, 1.54) is 6.21 Å². The van der Waals surface area contributed by atoms with Crippen LogP contribution in [0.15, 0.2) is 53.9 Å². The van der Waals surface area contributed by atoms with E-state index in [1.54, 1.807) is 12.4 Å². The molecule has 22 heavy (non-hydrogen) atoms. The first-order valence-electron chi connectivity index (χ1n) is 7.09. The minimum Gasteiger partial charge on any atom is -0.357 e. The van der Waals surface area contributed by atoms with Gasteiger partial charge in [0.2, 0.25) is 0 Å². The fourth-order valence-corrected chi connectivity index (χ4v) is 2.41. The number of fused-ring (bicyclic) bond motifs is 1. The summed E-state index contributed by atoms with van der Waals surface area (Å²) in [6.07, 6.45) is 5.28. The quantitative estimate of drug-likeness (QED) is 0.495. The van der Waals surface area contributed by atoms with Gasteiger partial charge >= 0.3 is 0 Å². The molecule has 0 unspecified atom stereocenters. The Bertz CT molecular complexity index is 817. The van der Waals surface area contributed by atoms with Crippen LogP contribution in [-0.4, -0.2) is 21.9 Å². The van der Waals surface area contributed by atoms with Gasteiger partial charge in [0.15, 0.2) is 0 Å². The number of nitrogens with one attached hydrogen (secondary N) is 3. The topological polar surface area (TPSA) is 76.9 Å². The van der Waals surface area contributed by atoms with E-state index < -0.39 is 0 Å². The molecular weight excluding hydrogens is 274 g/mol. The Labute approximate surface area is 128 Å². The molecule has 0 spiro atoms. The third-order valence-electron chi connectivity index (χ3n) is 3.51. The summed E-state index contributed by atoms with van der Waals surface area (Å²) in [6, 6.07) is 11.9. The highest BCUT2D eigenvalue weighted by molar-refractivity contribution is 6.07. The average molecular weight is 291 g/mol. The molecule has 0 aliphatic rings. The zero-order valence-corrected chi connectivity index (χ0v) is 12.3. The van der Waals surface area contributed by atoms with Gasteiger partial charge in [-0.05, 0) is 25.1 Å². The predicted molar refractivity (Wildman–Crippen MR) is 90.8 cm³/mol. The molecule has 3 aromatic rings. The molecule has 2 aromatic heterocycles. The van der Waals surface area contributed by atoms with E-state index in [0.717, 1.165) is 33.6 Å². The molecular formula is C17H17N5. The Morgan fingerprint density at radius 3 is 2.82 bits per heavy atom. The van der Waals surface area contributed by atoms with Crippen molar-refractivity contribution in [3.8, 4) is 0 Å². The van der Waals surface area contributed by atoms with Crippen LogP contribution in [0.3, 0.4) is 0 Å². The van der Waals surface area contributed by atoms with Gasteiger partial charge in [0.05, 0.1) is 11.4 Å². The molecule has 0 bridgehead atoms. The van der Waals surface area contributed by atoms with Gasteiger partial charge < -0.3 is 10.4 Å². The lowest BCUT2D eigenvalue weighted by Crippen LogP contribution is -2.05. The summed E-state index contributed by atoms with van der Waals surface area (Å²) in [5, 5.41) is 13.0. The van der Waals surface area contributed by atoms with Crippen LogP contribution in [0, 0.1) is 12.3 Å². The van der Waals surface area contributed by atoms with Gasteiger partial charge in [0.1, 0.15) is 0 Å². The number of aryl methyl sites for hydroxylation is 1. The number of benzene rings is 1. The summed E-state index contributed by atoms with van der Waals surface area (Å²) in [5.74, 6) is 0. The number of nitrogens with zero attached hydrogens (tertiary/aromatic N) is 2. The summed E-state index contributed by atoms with van der Waals surface area (Å²) in [4.78, 5) is 7.35. The van der Waals surface area contributed by atoms with Crippen molar-refractivity contribution in [2.75, 3.05) is 5.43 Å². The first-order chi connectivity index (χ1) is 10.8. The minimum absolute atomic E-state index is 0.471. The normalized spacial score (nSPS) is 11.6. The number of pyridine rings is 1. The monoisotopic (exact) mass is 291 g/mol. The van der Waals surface area contributed by atoms with E-state index >= 15 is 0 Å². The van der Waals surface area contributed by atoms with Crippen molar-refractivity contribution in [2.45, 2.75) is 13.3 Å². The Balaban J connectivity index is 1.96. The highest BCUT2D eigenvalue weighted by Gasteiger charge is 2.08. The van der Waals surface area contributed by atoms with Crippen molar-refractivity contribution in [2.24, 2.45) is 5.10 Å². The number of para-hydroxylation sites is 1. The molecule has 0 aliphatic carbocycles. The fourth-order valence-electron chi connectivity index (χ4n) is 2.41. The number of anilines is 1. The van der Waals surface area contributed by atoms with Crippen LogP contribution in [0.4, 0.5) is 5.69 Å². The number of hydrazone groups is 1.